The van der Waals surface area contributed by atoms with E-state index in [4.69, 9.17) is 4.74 Å². The molecule has 0 spiro atoms. The van der Waals surface area contributed by atoms with E-state index in [9.17, 15) is 9.59 Å². The summed E-state index contributed by atoms with van der Waals surface area (Å²) in [6.07, 6.45) is 2.36. The Morgan fingerprint density at radius 3 is 2.92 bits per heavy atom. The second-order valence-electron chi connectivity index (χ2n) is 6.51. The van der Waals surface area contributed by atoms with E-state index in [2.05, 4.69) is 17.1 Å². The highest BCUT2D eigenvalue weighted by Crippen LogP contribution is 2.17. The molecule has 0 aromatic heterocycles. The molecule has 1 heterocycles. The highest BCUT2D eigenvalue weighted by molar-refractivity contribution is 5.94. The first-order valence-electron chi connectivity index (χ1n) is 8.38. The molecule has 2 rings (SSSR count). The first kappa shape index (κ1) is 18.3. The summed E-state index contributed by atoms with van der Waals surface area (Å²) in [4.78, 5) is 28.1. The first-order chi connectivity index (χ1) is 11.5. The fraction of sp³-hybridized carbons (Fsp3) is 0.556. The van der Waals surface area contributed by atoms with Crippen LogP contribution < -0.4 is 10.1 Å². The van der Waals surface area contributed by atoms with Crippen molar-refractivity contribution >= 4 is 17.5 Å². The molecule has 1 aliphatic heterocycles. The Balaban J connectivity index is 1.80. The molecule has 0 unspecified atom stereocenters. The van der Waals surface area contributed by atoms with Gasteiger partial charge in [-0.25, -0.2) is 0 Å². The highest BCUT2D eigenvalue weighted by atomic mass is 16.5. The third kappa shape index (κ3) is 5.53. The number of ether oxygens (including phenoxy) is 1. The molecule has 1 saturated heterocycles. The summed E-state index contributed by atoms with van der Waals surface area (Å²) >= 11 is 0. The van der Waals surface area contributed by atoms with Crippen molar-refractivity contribution in [3.05, 3.63) is 24.3 Å². The van der Waals surface area contributed by atoms with Crippen LogP contribution in [-0.4, -0.2) is 62.0 Å². The summed E-state index contributed by atoms with van der Waals surface area (Å²) in [6.45, 7) is 4.55. The quantitative estimate of drug-likeness (QED) is 0.863. The monoisotopic (exact) mass is 333 g/mol. The van der Waals surface area contributed by atoms with E-state index in [1.807, 2.05) is 6.07 Å². The number of nitrogens with one attached hydrogen (secondary N) is 1. The summed E-state index contributed by atoms with van der Waals surface area (Å²) in [5, 5.41) is 2.79. The van der Waals surface area contributed by atoms with Gasteiger partial charge in [0.15, 0.2) is 0 Å². The average Bonchev–Trinajstić information content (AvgIpc) is 2.54. The van der Waals surface area contributed by atoms with Gasteiger partial charge in [0.2, 0.25) is 11.8 Å². The van der Waals surface area contributed by atoms with Crippen molar-refractivity contribution in [1.82, 2.24) is 9.80 Å². The molecule has 6 nitrogen and oxygen atoms in total. The first-order valence-corrected chi connectivity index (χ1v) is 8.38. The number of nitrogens with zero attached hydrogens (tertiary/aromatic N) is 2. The van der Waals surface area contributed by atoms with Gasteiger partial charge in [0.1, 0.15) is 5.75 Å². The topological polar surface area (TPSA) is 61.9 Å². The van der Waals surface area contributed by atoms with E-state index in [1.54, 1.807) is 32.4 Å². The Morgan fingerprint density at radius 2 is 2.21 bits per heavy atom. The number of piperidine rings is 1. The van der Waals surface area contributed by atoms with Crippen molar-refractivity contribution in [1.29, 1.82) is 0 Å². The second-order valence-corrected chi connectivity index (χ2v) is 6.51. The zero-order chi connectivity index (χ0) is 17.5. The van der Waals surface area contributed by atoms with Crippen LogP contribution in [0, 0.1) is 5.92 Å². The van der Waals surface area contributed by atoms with Gasteiger partial charge in [0.25, 0.3) is 0 Å². The average molecular weight is 333 g/mol. The van der Waals surface area contributed by atoms with E-state index >= 15 is 0 Å². The minimum Gasteiger partial charge on any atom is -0.497 e. The van der Waals surface area contributed by atoms with Crippen LogP contribution in [0.1, 0.15) is 19.8 Å². The Kier molecular flexibility index (Phi) is 6.61. The number of carbonyl (C=O) groups is 2. The van der Waals surface area contributed by atoms with Gasteiger partial charge in [0.05, 0.1) is 20.2 Å². The van der Waals surface area contributed by atoms with Gasteiger partial charge in [-0.05, 0) is 37.4 Å². The van der Waals surface area contributed by atoms with Crippen LogP contribution in [0.15, 0.2) is 24.3 Å². The molecule has 0 aliphatic carbocycles. The number of carbonyl (C=O) groups excluding carboxylic acids is 2. The maximum atomic E-state index is 12.3. The number of rotatable bonds is 6. The van der Waals surface area contributed by atoms with E-state index in [1.165, 1.54) is 11.3 Å². The molecule has 0 radical (unpaired) electrons. The molecule has 1 fully saturated rings. The van der Waals surface area contributed by atoms with Crippen LogP contribution in [0.25, 0.3) is 0 Å². The van der Waals surface area contributed by atoms with Gasteiger partial charge in [-0.3, -0.25) is 14.5 Å². The smallest absolute Gasteiger partial charge is 0.243 e. The fourth-order valence-corrected chi connectivity index (χ4v) is 2.95. The lowest BCUT2D eigenvalue weighted by atomic mass is 10.0. The van der Waals surface area contributed by atoms with Crippen LogP contribution in [0.5, 0.6) is 5.75 Å². The molecule has 24 heavy (non-hydrogen) atoms. The number of amides is 2. The molecule has 1 aliphatic rings. The zero-order valence-corrected chi connectivity index (χ0v) is 14.7. The summed E-state index contributed by atoms with van der Waals surface area (Å²) in [6, 6.07) is 7.15. The van der Waals surface area contributed by atoms with Gasteiger partial charge in [-0.15, -0.1) is 0 Å². The predicted molar refractivity (Wildman–Crippen MR) is 94.1 cm³/mol. The number of likely N-dealkylation sites (tertiary alicyclic amines) is 1. The van der Waals surface area contributed by atoms with Gasteiger partial charge in [0, 0.05) is 25.3 Å². The standard InChI is InChI=1S/C18H27N3O3/c1-14-6-5-9-21(11-14)13-18(23)20(2)12-17(22)19-15-7-4-8-16(10-15)24-3/h4,7-8,10,14H,5-6,9,11-13H2,1-3H3,(H,19,22)/t14-/m1/s1. The van der Waals surface area contributed by atoms with E-state index < -0.39 is 0 Å². The molecule has 1 aromatic carbocycles. The lowest BCUT2D eigenvalue weighted by Crippen LogP contribution is -2.44. The highest BCUT2D eigenvalue weighted by Gasteiger charge is 2.21. The molecular weight excluding hydrogens is 306 g/mol. The van der Waals surface area contributed by atoms with Crippen molar-refractivity contribution < 1.29 is 14.3 Å². The molecule has 132 valence electrons. The maximum absolute atomic E-state index is 12.3. The lowest BCUT2D eigenvalue weighted by molar-refractivity contribution is -0.134. The molecule has 0 bridgehead atoms. The fourth-order valence-electron chi connectivity index (χ4n) is 2.95. The third-order valence-corrected chi connectivity index (χ3v) is 4.26. The van der Waals surface area contributed by atoms with Crippen molar-refractivity contribution in [3.8, 4) is 5.75 Å². The van der Waals surface area contributed by atoms with E-state index in [0.717, 1.165) is 19.5 Å². The van der Waals surface area contributed by atoms with Crippen LogP contribution >= 0.6 is 0 Å². The second kappa shape index (κ2) is 8.68. The minimum atomic E-state index is -0.217. The number of likely N-dealkylation sites (N-methyl/N-ethyl adjacent to an activating group) is 1. The van der Waals surface area contributed by atoms with Crippen LogP contribution in [0.4, 0.5) is 5.69 Å². The molecule has 0 saturated carbocycles. The zero-order valence-electron chi connectivity index (χ0n) is 14.7. The van der Waals surface area contributed by atoms with Crippen molar-refractivity contribution in [2.75, 3.05) is 45.7 Å². The maximum Gasteiger partial charge on any atom is 0.243 e. The number of benzene rings is 1. The van der Waals surface area contributed by atoms with Crippen molar-refractivity contribution in [2.24, 2.45) is 5.92 Å². The number of anilines is 1. The Morgan fingerprint density at radius 1 is 1.42 bits per heavy atom. The largest absolute Gasteiger partial charge is 0.497 e. The summed E-state index contributed by atoms with van der Waals surface area (Å²) < 4.78 is 5.13. The van der Waals surface area contributed by atoms with Crippen molar-refractivity contribution in [3.63, 3.8) is 0 Å². The molecular formula is C18H27N3O3. The minimum absolute atomic E-state index is 0.0232. The van der Waals surface area contributed by atoms with Crippen LogP contribution in [0.3, 0.4) is 0 Å². The van der Waals surface area contributed by atoms with Gasteiger partial charge < -0.3 is 15.0 Å². The summed E-state index contributed by atoms with van der Waals surface area (Å²) in [5.41, 5.74) is 0.657. The van der Waals surface area contributed by atoms with Gasteiger partial charge in [-0.2, -0.15) is 0 Å². The summed E-state index contributed by atoms with van der Waals surface area (Å²) in [7, 11) is 3.25. The number of methoxy groups -OCH3 is 1. The molecule has 6 heteroatoms. The Hall–Kier alpha value is -2.08. The van der Waals surface area contributed by atoms with Gasteiger partial charge in [-0.1, -0.05) is 13.0 Å². The van der Waals surface area contributed by atoms with Crippen LogP contribution in [-0.2, 0) is 9.59 Å². The molecule has 1 atom stereocenters. The van der Waals surface area contributed by atoms with Crippen LogP contribution in [0.2, 0.25) is 0 Å². The summed E-state index contributed by atoms with van der Waals surface area (Å²) in [5.74, 6) is 1.07. The van der Waals surface area contributed by atoms with Crippen molar-refractivity contribution in [2.45, 2.75) is 19.8 Å². The SMILES string of the molecule is COc1cccc(NC(=O)CN(C)C(=O)CN2CCC[C@@H](C)C2)c1. The molecule has 1 N–H and O–H groups in total. The lowest BCUT2D eigenvalue weighted by Gasteiger charge is -2.31. The number of hydrogen-bond donors (Lipinski definition) is 1. The molecule has 1 aromatic rings. The number of hydrogen-bond acceptors (Lipinski definition) is 4. The Labute approximate surface area is 143 Å². The van der Waals surface area contributed by atoms with Gasteiger partial charge >= 0.3 is 0 Å². The predicted octanol–water partition coefficient (Wildman–Crippen LogP) is 1.82. The normalized spacial score (nSPS) is 18.0. The van der Waals surface area contributed by atoms with E-state index in [-0.39, 0.29) is 18.4 Å². The third-order valence-electron chi connectivity index (χ3n) is 4.26. The van der Waals surface area contributed by atoms with E-state index in [0.29, 0.717) is 23.9 Å². The Bertz CT molecular complexity index is 576. The molecule has 2 amide bonds.